The van der Waals surface area contributed by atoms with Crippen molar-refractivity contribution in [2.45, 2.75) is 20.5 Å². The minimum absolute atomic E-state index is 0.256. The second-order valence-electron chi connectivity index (χ2n) is 5.98. The third kappa shape index (κ3) is 5.30. The molecule has 0 aromatic heterocycles. The van der Waals surface area contributed by atoms with E-state index >= 15 is 0 Å². The van der Waals surface area contributed by atoms with E-state index in [9.17, 15) is 9.59 Å². The van der Waals surface area contributed by atoms with Gasteiger partial charge in [-0.2, -0.15) is 4.99 Å². The van der Waals surface area contributed by atoms with E-state index in [0.717, 1.165) is 33.1 Å². The fraction of sp³-hybridized carbons (Fsp3) is 0.150. The number of aliphatic imine (C=N–C) groups is 1. The number of thioether (sulfide) groups is 1. The van der Waals surface area contributed by atoms with Gasteiger partial charge in [0.25, 0.3) is 5.91 Å². The minimum atomic E-state index is -0.362. The molecule has 0 spiro atoms. The molecule has 0 fully saturated rings. The number of amides is 2. The molecule has 7 heteroatoms. The Morgan fingerprint density at radius 2 is 2.00 bits per heavy atom. The van der Waals surface area contributed by atoms with E-state index in [-0.39, 0.29) is 11.8 Å². The second kappa shape index (κ2) is 8.54. The van der Waals surface area contributed by atoms with Crippen LogP contribution in [0.4, 0.5) is 0 Å². The smallest absolute Gasteiger partial charge is 0.286 e. The summed E-state index contributed by atoms with van der Waals surface area (Å²) in [6, 6.07) is 13.8. The molecule has 2 aromatic rings. The summed E-state index contributed by atoms with van der Waals surface area (Å²) in [5.74, 6) is 0.103. The average molecular weight is 445 g/mol. The van der Waals surface area contributed by atoms with Crippen molar-refractivity contribution in [3.05, 3.63) is 68.5 Å². The van der Waals surface area contributed by atoms with Gasteiger partial charge >= 0.3 is 0 Å². The number of halogens is 1. The Balaban J connectivity index is 1.67. The molecule has 0 aliphatic carbocycles. The lowest BCUT2D eigenvalue weighted by Crippen LogP contribution is -2.23. The van der Waals surface area contributed by atoms with Gasteiger partial charge in [0.15, 0.2) is 5.17 Å². The molecule has 0 bridgehead atoms. The normalized spacial score (nSPS) is 15.0. The van der Waals surface area contributed by atoms with E-state index < -0.39 is 0 Å². The van der Waals surface area contributed by atoms with Gasteiger partial charge in [-0.05, 0) is 64.0 Å². The fourth-order valence-electron chi connectivity index (χ4n) is 2.33. The Labute approximate surface area is 170 Å². The Bertz CT molecular complexity index is 952. The molecule has 0 radical (unpaired) electrons. The molecule has 5 nitrogen and oxygen atoms in total. The summed E-state index contributed by atoms with van der Waals surface area (Å²) in [6.07, 6.45) is 1.74. The van der Waals surface area contributed by atoms with E-state index in [1.54, 1.807) is 6.08 Å². The van der Waals surface area contributed by atoms with Gasteiger partial charge in [-0.1, -0.05) is 35.9 Å². The summed E-state index contributed by atoms with van der Waals surface area (Å²) in [5, 5.41) is 2.83. The van der Waals surface area contributed by atoms with Crippen molar-refractivity contribution in [1.29, 1.82) is 0 Å². The molecule has 27 heavy (non-hydrogen) atoms. The standard InChI is InChI=1S/C20H17BrN2O3S/c1-12-3-5-14(6-4-12)11-26-17-8-7-15(9-16(17)21)10-18-19(25)23-20(27-18)22-13(2)24/h3-10H,11H2,1-2H3,(H,22,23,24,25). The SMILES string of the molecule is CC(=O)NC1=NC(=O)C(=Cc2ccc(OCc3ccc(C)cc3)c(Br)c2)S1. The Kier molecular flexibility index (Phi) is 6.13. The predicted octanol–water partition coefficient (Wildman–Crippen LogP) is 4.44. The summed E-state index contributed by atoms with van der Waals surface area (Å²) >= 11 is 4.65. The van der Waals surface area contributed by atoms with Gasteiger partial charge in [0.2, 0.25) is 5.91 Å². The third-order valence-corrected chi connectivity index (χ3v) is 5.19. The van der Waals surface area contributed by atoms with E-state index in [1.165, 1.54) is 12.5 Å². The van der Waals surface area contributed by atoms with Gasteiger partial charge in [0.05, 0.1) is 9.38 Å². The minimum Gasteiger partial charge on any atom is -0.488 e. The van der Waals surface area contributed by atoms with E-state index in [2.05, 4.69) is 38.4 Å². The van der Waals surface area contributed by atoms with Gasteiger partial charge in [-0.15, -0.1) is 0 Å². The van der Waals surface area contributed by atoms with Crippen LogP contribution in [-0.2, 0) is 16.2 Å². The maximum atomic E-state index is 11.9. The van der Waals surface area contributed by atoms with Crippen LogP contribution in [0.25, 0.3) is 6.08 Å². The van der Waals surface area contributed by atoms with Crippen molar-refractivity contribution >= 4 is 50.7 Å². The molecule has 0 unspecified atom stereocenters. The zero-order valence-electron chi connectivity index (χ0n) is 14.8. The number of carbonyl (C=O) groups is 2. The molecule has 1 aliphatic heterocycles. The van der Waals surface area contributed by atoms with Crippen LogP contribution < -0.4 is 10.1 Å². The Hall–Kier alpha value is -2.38. The number of nitrogens with zero attached hydrogens (tertiary/aromatic N) is 1. The number of nitrogens with one attached hydrogen (secondary N) is 1. The Morgan fingerprint density at radius 3 is 2.67 bits per heavy atom. The number of hydrogen-bond acceptors (Lipinski definition) is 4. The summed E-state index contributed by atoms with van der Waals surface area (Å²) in [4.78, 5) is 27.3. The summed E-state index contributed by atoms with van der Waals surface area (Å²) in [5.41, 5.74) is 3.14. The number of ether oxygens (including phenoxy) is 1. The summed E-state index contributed by atoms with van der Waals surface area (Å²) < 4.78 is 6.65. The van der Waals surface area contributed by atoms with Crippen LogP contribution >= 0.6 is 27.7 Å². The highest BCUT2D eigenvalue weighted by atomic mass is 79.9. The predicted molar refractivity (Wildman–Crippen MR) is 111 cm³/mol. The van der Waals surface area contributed by atoms with E-state index in [4.69, 9.17) is 4.74 Å². The lowest BCUT2D eigenvalue weighted by Gasteiger charge is -2.09. The molecule has 1 aliphatic rings. The topological polar surface area (TPSA) is 67.8 Å². The maximum Gasteiger partial charge on any atom is 0.286 e. The zero-order valence-corrected chi connectivity index (χ0v) is 17.2. The number of benzene rings is 2. The number of carbonyl (C=O) groups excluding carboxylic acids is 2. The van der Waals surface area contributed by atoms with Gasteiger partial charge in [0.1, 0.15) is 12.4 Å². The molecule has 0 saturated heterocycles. The largest absolute Gasteiger partial charge is 0.488 e. The molecule has 3 rings (SSSR count). The summed E-state index contributed by atoms with van der Waals surface area (Å²) in [7, 11) is 0. The van der Waals surface area contributed by atoms with E-state index in [0.29, 0.717) is 16.7 Å². The Morgan fingerprint density at radius 1 is 1.26 bits per heavy atom. The van der Waals surface area contributed by atoms with Crippen LogP contribution in [0.15, 0.2) is 56.8 Å². The average Bonchev–Trinajstić information content (AvgIpc) is 2.94. The van der Waals surface area contributed by atoms with Crippen molar-refractivity contribution in [2.24, 2.45) is 4.99 Å². The first-order chi connectivity index (χ1) is 12.9. The third-order valence-electron chi connectivity index (χ3n) is 3.67. The van der Waals surface area contributed by atoms with Gasteiger partial charge in [0, 0.05) is 6.92 Å². The zero-order chi connectivity index (χ0) is 19.4. The van der Waals surface area contributed by atoms with Crippen LogP contribution in [0.3, 0.4) is 0 Å². The first kappa shape index (κ1) is 19.4. The fourth-order valence-corrected chi connectivity index (χ4v) is 3.70. The van der Waals surface area contributed by atoms with Crippen LogP contribution in [0.5, 0.6) is 5.75 Å². The molecule has 2 aromatic carbocycles. The highest BCUT2D eigenvalue weighted by Gasteiger charge is 2.22. The molecular weight excluding hydrogens is 428 g/mol. The lowest BCUT2D eigenvalue weighted by molar-refractivity contribution is -0.117. The van der Waals surface area contributed by atoms with Gasteiger partial charge in [-0.25, -0.2) is 0 Å². The molecule has 1 N–H and O–H groups in total. The van der Waals surface area contributed by atoms with Gasteiger partial charge in [-0.3, -0.25) is 9.59 Å². The quantitative estimate of drug-likeness (QED) is 0.707. The molecular formula is C20H17BrN2O3S. The van der Waals surface area contributed by atoms with Crippen LogP contribution in [-0.4, -0.2) is 17.0 Å². The number of hydrogen-bond donors (Lipinski definition) is 1. The van der Waals surface area contributed by atoms with Crippen LogP contribution in [0, 0.1) is 6.92 Å². The first-order valence-electron chi connectivity index (χ1n) is 8.19. The molecule has 0 saturated carbocycles. The lowest BCUT2D eigenvalue weighted by atomic mass is 10.1. The molecule has 2 amide bonds. The van der Waals surface area contributed by atoms with E-state index in [1.807, 2.05) is 37.3 Å². The van der Waals surface area contributed by atoms with Crippen molar-refractivity contribution < 1.29 is 14.3 Å². The molecule has 1 heterocycles. The van der Waals surface area contributed by atoms with Crippen molar-refractivity contribution in [3.8, 4) is 5.75 Å². The first-order valence-corrected chi connectivity index (χ1v) is 9.80. The highest BCUT2D eigenvalue weighted by Crippen LogP contribution is 2.31. The number of amidine groups is 1. The van der Waals surface area contributed by atoms with Crippen molar-refractivity contribution in [3.63, 3.8) is 0 Å². The second-order valence-corrected chi connectivity index (χ2v) is 7.86. The number of aryl methyl sites for hydroxylation is 1. The number of rotatable bonds is 4. The van der Waals surface area contributed by atoms with Crippen molar-refractivity contribution in [2.75, 3.05) is 0 Å². The van der Waals surface area contributed by atoms with Gasteiger partial charge < -0.3 is 10.1 Å². The monoisotopic (exact) mass is 444 g/mol. The summed E-state index contributed by atoms with van der Waals surface area (Å²) in [6.45, 7) is 3.90. The molecule has 138 valence electrons. The molecule has 0 atom stereocenters. The van der Waals surface area contributed by atoms with Crippen LogP contribution in [0.2, 0.25) is 0 Å². The highest BCUT2D eigenvalue weighted by molar-refractivity contribution is 9.10. The van der Waals surface area contributed by atoms with Crippen molar-refractivity contribution in [1.82, 2.24) is 5.32 Å². The van der Waals surface area contributed by atoms with Crippen LogP contribution in [0.1, 0.15) is 23.6 Å². The maximum absolute atomic E-state index is 11.9.